The van der Waals surface area contributed by atoms with Crippen LogP contribution < -0.4 is 5.73 Å². The fraction of sp³-hybridized carbons (Fsp3) is 0.444. The molecule has 0 saturated heterocycles. The van der Waals surface area contributed by atoms with Crippen molar-refractivity contribution in [2.24, 2.45) is 5.73 Å². The van der Waals surface area contributed by atoms with Gasteiger partial charge in [0.2, 0.25) is 0 Å². The van der Waals surface area contributed by atoms with Gasteiger partial charge in [0.15, 0.2) is 16.2 Å². The summed E-state index contributed by atoms with van der Waals surface area (Å²) < 4.78 is 5.67. The maximum absolute atomic E-state index is 11.4. The number of furan rings is 1. The summed E-state index contributed by atoms with van der Waals surface area (Å²) in [4.78, 5) is 11.4. The first-order valence-electron chi connectivity index (χ1n) is 4.17. The van der Waals surface area contributed by atoms with Gasteiger partial charge in [-0.3, -0.25) is 4.79 Å². The van der Waals surface area contributed by atoms with E-state index < -0.39 is 0 Å². The Morgan fingerprint density at radius 2 is 2.38 bits per heavy atom. The van der Waals surface area contributed by atoms with E-state index in [1.807, 2.05) is 6.92 Å². The molecule has 0 aliphatic carbocycles. The average Bonchev–Trinajstić information content (AvgIpc) is 2.51. The highest BCUT2D eigenvalue weighted by atomic mass is 79.9. The van der Waals surface area contributed by atoms with E-state index in [-0.39, 0.29) is 11.8 Å². The molecule has 3 nitrogen and oxygen atoms in total. The lowest BCUT2D eigenvalue weighted by Gasteiger charge is -2.04. The molecule has 0 amide bonds. The summed E-state index contributed by atoms with van der Waals surface area (Å²) in [6.07, 6.45) is 1.14. The van der Waals surface area contributed by atoms with Crippen LogP contribution in [0.5, 0.6) is 0 Å². The summed E-state index contributed by atoms with van der Waals surface area (Å²) in [5.41, 5.74) is 5.64. The van der Waals surface area contributed by atoms with Crippen LogP contribution in [-0.4, -0.2) is 11.8 Å². The van der Waals surface area contributed by atoms with E-state index in [0.29, 0.717) is 16.9 Å². The number of nitrogens with two attached hydrogens (primary N) is 1. The quantitative estimate of drug-likeness (QED) is 0.829. The second-order valence-corrected chi connectivity index (χ2v) is 3.68. The van der Waals surface area contributed by atoms with Gasteiger partial charge in [-0.05, 0) is 34.5 Å². The minimum Gasteiger partial charge on any atom is -0.446 e. The zero-order valence-corrected chi connectivity index (χ0v) is 9.00. The Balaban J connectivity index is 2.58. The average molecular weight is 246 g/mol. The first kappa shape index (κ1) is 10.5. The van der Waals surface area contributed by atoms with Gasteiger partial charge in [-0.2, -0.15) is 0 Å². The Labute approximate surface area is 85.4 Å². The predicted molar refractivity (Wildman–Crippen MR) is 53.6 cm³/mol. The molecule has 1 aromatic rings. The monoisotopic (exact) mass is 245 g/mol. The lowest BCUT2D eigenvalue weighted by Crippen LogP contribution is -2.22. The summed E-state index contributed by atoms with van der Waals surface area (Å²) in [7, 11) is 0. The van der Waals surface area contributed by atoms with Gasteiger partial charge in [0.05, 0.1) is 0 Å². The summed E-state index contributed by atoms with van der Waals surface area (Å²) in [6, 6.07) is 3.27. The van der Waals surface area contributed by atoms with E-state index in [9.17, 15) is 4.79 Å². The van der Waals surface area contributed by atoms with Crippen molar-refractivity contribution in [3.8, 4) is 0 Å². The highest BCUT2D eigenvalue weighted by molar-refractivity contribution is 9.10. The molecule has 0 aliphatic rings. The van der Waals surface area contributed by atoms with Crippen molar-refractivity contribution < 1.29 is 9.21 Å². The standard InChI is InChI=1S/C9H12BrNO2/c1-2-6(11)5-7(12)8-3-4-9(10)13-8/h3-4,6H,2,5,11H2,1H3. The zero-order chi connectivity index (χ0) is 9.84. The molecule has 1 heterocycles. The number of rotatable bonds is 4. The molecular formula is C9H12BrNO2. The molecule has 0 aromatic carbocycles. The summed E-state index contributed by atoms with van der Waals surface area (Å²) in [5.74, 6) is 0.329. The third-order valence-corrected chi connectivity index (χ3v) is 2.25. The minimum absolute atomic E-state index is 0.0416. The van der Waals surface area contributed by atoms with Crippen LogP contribution in [0.25, 0.3) is 0 Å². The fourth-order valence-corrected chi connectivity index (χ4v) is 1.25. The molecule has 4 heteroatoms. The molecule has 13 heavy (non-hydrogen) atoms. The number of carbonyl (C=O) groups excluding carboxylic acids is 1. The lowest BCUT2D eigenvalue weighted by molar-refractivity contribution is 0.0945. The Bertz CT molecular complexity index is 296. The molecule has 1 unspecified atom stereocenters. The van der Waals surface area contributed by atoms with Crippen molar-refractivity contribution in [1.82, 2.24) is 0 Å². The molecule has 0 aliphatic heterocycles. The molecule has 72 valence electrons. The Kier molecular flexibility index (Phi) is 3.69. The van der Waals surface area contributed by atoms with Gasteiger partial charge in [-0.15, -0.1) is 0 Å². The number of carbonyl (C=O) groups is 1. The van der Waals surface area contributed by atoms with Crippen LogP contribution in [0.2, 0.25) is 0 Å². The maximum atomic E-state index is 11.4. The van der Waals surface area contributed by atoms with E-state index in [1.54, 1.807) is 12.1 Å². The Morgan fingerprint density at radius 1 is 1.69 bits per heavy atom. The van der Waals surface area contributed by atoms with Crippen molar-refractivity contribution in [3.63, 3.8) is 0 Å². The van der Waals surface area contributed by atoms with Crippen LogP contribution in [-0.2, 0) is 0 Å². The molecule has 0 radical (unpaired) electrons. The van der Waals surface area contributed by atoms with Crippen molar-refractivity contribution in [2.45, 2.75) is 25.8 Å². The molecule has 1 atom stereocenters. The highest BCUT2D eigenvalue weighted by Crippen LogP contribution is 2.16. The molecular weight excluding hydrogens is 234 g/mol. The molecule has 0 bridgehead atoms. The smallest absolute Gasteiger partial charge is 0.199 e. The van der Waals surface area contributed by atoms with Crippen LogP contribution in [0.15, 0.2) is 21.2 Å². The van der Waals surface area contributed by atoms with E-state index >= 15 is 0 Å². The summed E-state index contributed by atoms with van der Waals surface area (Å²) in [6.45, 7) is 1.95. The Hall–Kier alpha value is -0.610. The Morgan fingerprint density at radius 3 is 2.85 bits per heavy atom. The van der Waals surface area contributed by atoms with Gasteiger partial charge in [0, 0.05) is 12.5 Å². The van der Waals surface area contributed by atoms with Gasteiger partial charge in [-0.25, -0.2) is 0 Å². The molecule has 0 spiro atoms. The second kappa shape index (κ2) is 4.58. The zero-order valence-electron chi connectivity index (χ0n) is 7.42. The fourth-order valence-electron chi connectivity index (χ4n) is 0.947. The van der Waals surface area contributed by atoms with E-state index in [0.717, 1.165) is 6.42 Å². The van der Waals surface area contributed by atoms with Crippen LogP contribution in [0.3, 0.4) is 0 Å². The lowest BCUT2D eigenvalue weighted by atomic mass is 10.1. The molecule has 1 aromatic heterocycles. The van der Waals surface area contributed by atoms with Crippen molar-refractivity contribution in [3.05, 3.63) is 22.6 Å². The van der Waals surface area contributed by atoms with Crippen LogP contribution >= 0.6 is 15.9 Å². The first-order valence-corrected chi connectivity index (χ1v) is 4.97. The van der Waals surface area contributed by atoms with Crippen molar-refractivity contribution >= 4 is 21.7 Å². The minimum atomic E-state index is -0.0728. The van der Waals surface area contributed by atoms with E-state index in [4.69, 9.17) is 10.2 Å². The van der Waals surface area contributed by atoms with Crippen molar-refractivity contribution in [1.29, 1.82) is 0 Å². The number of ketones is 1. The van der Waals surface area contributed by atoms with E-state index in [2.05, 4.69) is 15.9 Å². The number of hydrogen-bond donors (Lipinski definition) is 1. The number of halogens is 1. The van der Waals surface area contributed by atoms with Gasteiger partial charge in [0.25, 0.3) is 0 Å². The first-order chi connectivity index (χ1) is 6.13. The number of Topliss-reactive ketones (excluding diaryl/α,β-unsaturated/α-hetero) is 1. The van der Waals surface area contributed by atoms with Gasteiger partial charge in [-0.1, -0.05) is 6.92 Å². The van der Waals surface area contributed by atoms with Crippen LogP contribution in [0.4, 0.5) is 0 Å². The largest absolute Gasteiger partial charge is 0.446 e. The topological polar surface area (TPSA) is 56.2 Å². The van der Waals surface area contributed by atoms with Crippen LogP contribution in [0, 0.1) is 0 Å². The normalized spacial score (nSPS) is 12.8. The van der Waals surface area contributed by atoms with Gasteiger partial charge >= 0.3 is 0 Å². The predicted octanol–water partition coefficient (Wildman–Crippen LogP) is 2.35. The van der Waals surface area contributed by atoms with Gasteiger partial charge in [0.1, 0.15) is 0 Å². The van der Waals surface area contributed by atoms with Crippen molar-refractivity contribution in [2.75, 3.05) is 0 Å². The van der Waals surface area contributed by atoms with E-state index in [1.165, 1.54) is 0 Å². The number of hydrogen-bond acceptors (Lipinski definition) is 3. The molecule has 1 rings (SSSR count). The van der Waals surface area contributed by atoms with Crippen LogP contribution in [0.1, 0.15) is 30.3 Å². The molecule has 2 N–H and O–H groups in total. The summed E-state index contributed by atoms with van der Waals surface area (Å²) in [5, 5.41) is 0. The second-order valence-electron chi connectivity index (χ2n) is 2.90. The molecule has 0 saturated carbocycles. The SMILES string of the molecule is CCC(N)CC(=O)c1ccc(Br)o1. The van der Waals surface area contributed by atoms with Gasteiger partial charge < -0.3 is 10.2 Å². The molecule has 0 fully saturated rings. The third-order valence-electron chi connectivity index (χ3n) is 1.82. The highest BCUT2D eigenvalue weighted by Gasteiger charge is 2.13. The third kappa shape index (κ3) is 2.97. The summed E-state index contributed by atoms with van der Waals surface area (Å²) >= 11 is 3.13. The maximum Gasteiger partial charge on any atom is 0.199 e.